The van der Waals surface area contributed by atoms with E-state index in [0.717, 1.165) is 24.8 Å². The van der Waals surface area contributed by atoms with Crippen LogP contribution in [0.15, 0.2) is 29.8 Å². The van der Waals surface area contributed by atoms with Gasteiger partial charge in [0.1, 0.15) is 11.6 Å². The fraction of sp³-hybridized carbons (Fsp3) is 0.586. The Kier molecular flexibility index (Phi) is 9.63. The number of carbonyl (C=O) groups excluding carboxylic acids is 4. The summed E-state index contributed by atoms with van der Waals surface area (Å²) in [6.07, 6.45) is 5.11. The molecule has 1 aliphatic heterocycles. The molecule has 1 saturated heterocycles. The van der Waals surface area contributed by atoms with Crippen molar-refractivity contribution < 1.29 is 38.9 Å². The van der Waals surface area contributed by atoms with E-state index < -0.39 is 52.8 Å². The van der Waals surface area contributed by atoms with E-state index in [0.29, 0.717) is 12.0 Å². The molecule has 0 radical (unpaired) electrons. The van der Waals surface area contributed by atoms with Crippen molar-refractivity contribution in [1.29, 1.82) is 0 Å². The van der Waals surface area contributed by atoms with Crippen molar-refractivity contribution in [3.8, 4) is 11.5 Å². The highest BCUT2D eigenvalue weighted by molar-refractivity contribution is 5.98. The van der Waals surface area contributed by atoms with E-state index in [1.54, 1.807) is 13.0 Å². The quantitative estimate of drug-likeness (QED) is 0.167. The average Bonchev–Trinajstić information content (AvgIpc) is 3.40. The highest BCUT2D eigenvalue weighted by atomic mass is 16.6. The Morgan fingerprint density at radius 1 is 1.15 bits per heavy atom. The normalized spacial score (nSPS) is 21.4. The van der Waals surface area contributed by atoms with E-state index in [1.165, 1.54) is 40.0 Å². The van der Waals surface area contributed by atoms with Gasteiger partial charge in [0.25, 0.3) is 0 Å². The molecular weight excluding hydrogens is 518 g/mol. The van der Waals surface area contributed by atoms with Gasteiger partial charge in [-0.2, -0.15) is 0 Å². The van der Waals surface area contributed by atoms with Gasteiger partial charge in [0.15, 0.2) is 17.3 Å². The number of allylic oxidation sites excluding steroid dienone is 1. The summed E-state index contributed by atoms with van der Waals surface area (Å²) >= 11 is 0. The minimum absolute atomic E-state index is 0.0387. The van der Waals surface area contributed by atoms with Crippen molar-refractivity contribution in [2.45, 2.75) is 83.1 Å². The summed E-state index contributed by atoms with van der Waals surface area (Å²) in [5.74, 6) is -4.60. The number of amides is 3. The van der Waals surface area contributed by atoms with Crippen LogP contribution in [0.1, 0.15) is 58.9 Å². The molecule has 1 aromatic rings. The predicted octanol–water partition coefficient (Wildman–Crippen LogP) is 1.28. The minimum Gasteiger partial charge on any atom is -0.504 e. The van der Waals surface area contributed by atoms with E-state index in [9.17, 15) is 29.4 Å². The van der Waals surface area contributed by atoms with Gasteiger partial charge in [-0.1, -0.05) is 24.6 Å². The number of primary amides is 1. The molecule has 220 valence electrons. The number of hydrogen-bond acceptors (Lipinski definition) is 8. The number of methoxy groups -OCH3 is 1. The number of benzene rings is 1. The number of aliphatic hydroxyl groups is 1. The number of nitrogens with two attached hydrogens (primary N) is 1. The van der Waals surface area contributed by atoms with Crippen molar-refractivity contribution in [2.75, 3.05) is 13.7 Å². The van der Waals surface area contributed by atoms with Gasteiger partial charge in [-0.3, -0.25) is 19.2 Å². The second-order valence-corrected chi connectivity index (χ2v) is 11.5. The summed E-state index contributed by atoms with van der Waals surface area (Å²) in [4.78, 5) is 52.3. The minimum atomic E-state index is -1.59. The molecule has 3 rings (SSSR count). The Balaban J connectivity index is 1.88. The van der Waals surface area contributed by atoms with Crippen LogP contribution in [0.25, 0.3) is 0 Å². The highest BCUT2D eigenvalue weighted by Gasteiger charge is 2.50. The monoisotopic (exact) mass is 559 g/mol. The maximum Gasteiger partial charge on any atom is 0.243 e. The molecule has 1 aliphatic carbocycles. The lowest BCUT2D eigenvalue weighted by atomic mass is 9.80. The molecule has 11 heteroatoms. The maximum absolute atomic E-state index is 13.7. The number of ketones is 1. The molecule has 1 unspecified atom stereocenters. The zero-order chi connectivity index (χ0) is 29.8. The number of phenols is 1. The molecule has 0 bridgehead atoms. The summed E-state index contributed by atoms with van der Waals surface area (Å²) < 4.78 is 10.4. The van der Waals surface area contributed by atoms with E-state index in [1.807, 2.05) is 0 Å². The van der Waals surface area contributed by atoms with Crippen LogP contribution >= 0.6 is 0 Å². The molecule has 6 N–H and O–H groups in total. The zero-order valence-electron chi connectivity index (χ0n) is 23.8. The molecule has 0 saturated carbocycles. The fourth-order valence-corrected chi connectivity index (χ4v) is 5.25. The topological polar surface area (TPSA) is 181 Å². The molecule has 1 fully saturated rings. The number of phenolic OH excluding ortho intramolecular Hbond substituents is 1. The van der Waals surface area contributed by atoms with Crippen molar-refractivity contribution in [3.63, 3.8) is 0 Å². The van der Waals surface area contributed by atoms with Crippen LogP contribution in [0.4, 0.5) is 0 Å². The molecule has 1 aromatic carbocycles. The van der Waals surface area contributed by atoms with E-state index in [4.69, 9.17) is 15.2 Å². The van der Waals surface area contributed by atoms with Crippen LogP contribution in [0.5, 0.6) is 11.5 Å². The van der Waals surface area contributed by atoms with Gasteiger partial charge in [-0.15, -0.1) is 0 Å². The van der Waals surface area contributed by atoms with E-state index in [-0.39, 0.29) is 30.3 Å². The molecular formula is C29H41N3O8. The predicted molar refractivity (Wildman–Crippen MR) is 146 cm³/mol. The smallest absolute Gasteiger partial charge is 0.243 e. The van der Waals surface area contributed by atoms with Crippen molar-refractivity contribution in [2.24, 2.45) is 17.6 Å². The first kappa shape index (κ1) is 31.1. The Hall–Kier alpha value is -3.44. The number of epoxide rings is 1. The molecule has 5 atom stereocenters. The van der Waals surface area contributed by atoms with Crippen LogP contribution < -0.4 is 21.1 Å². The lowest BCUT2D eigenvalue weighted by Gasteiger charge is -2.32. The van der Waals surface area contributed by atoms with Gasteiger partial charge in [0.2, 0.25) is 17.7 Å². The molecule has 2 aliphatic rings. The van der Waals surface area contributed by atoms with Crippen LogP contribution in [-0.2, 0) is 30.3 Å². The van der Waals surface area contributed by atoms with Gasteiger partial charge in [-0.05, 0) is 64.2 Å². The standard InChI is InChI=1S/C29H41N3O8/c1-16(23(25(30)35)28(2,3)38)26(36)32-20(13-18-10-11-22(39-5)21(33)14-18)27(37)31-19(12-17-8-6-7-9-17)24(34)29(4)15-40-29/h8,10-11,14,16,19-20,23,33,38H,6-7,9,12-13,15H2,1-5H3,(H2,30,35)(H,31,37)(H,32,36)/t16-,19+,20+,23?,29-/m1/s1. The lowest BCUT2D eigenvalue weighted by Crippen LogP contribution is -2.56. The van der Waals surface area contributed by atoms with Gasteiger partial charge in [0.05, 0.1) is 31.3 Å². The summed E-state index contributed by atoms with van der Waals surface area (Å²) in [5.41, 5.74) is 4.53. The highest BCUT2D eigenvalue weighted by Crippen LogP contribution is 2.32. The molecule has 0 aromatic heterocycles. The zero-order valence-corrected chi connectivity index (χ0v) is 23.8. The number of nitrogens with one attached hydrogen (secondary N) is 2. The summed E-state index contributed by atoms with van der Waals surface area (Å²) in [6, 6.07) is 2.55. The third-order valence-electron chi connectivity index (χ3n) is 7.63. The number of carbonyl (C=O) groups is 4. The summed E-state index contributed by atoms with van der Waals surface area (Å²) in [7, 11) is 1.41. The average molecular weight is 560 g/mol. The summed E-state index contributed by atoms with van der Waals surface area (Å²) in [6.45, 7) is 6.15. The molecule has 0 spiro atoms. The van der Waals surface area contributed by atoms with Crippen molar-refractivity contribution >= 4 is 23.5 Å². The van der Waals surface area contributed by atoms with Crippen LogP contribution in [-0.4, -0.2) is 70.7 Å². The molecule has 11 nitrogen and oxygen atoms in total. The molecule has 3 amide bonds. The Morgan fingerprint density at radius 3 is 2.30 bits per heavy atom. The number of rotatable bonds is 14. The summed E-state index contributed by atoms with van der Waals surface area (Å²) in [5, 5.41) is 26.2. The Labute approximate surface area is 234 Å². The first-order chi connectivity index (χ1) is 18.7. The second kappa shape index (κ2) is 12.4. The first-order valence-electron chi connectivity index (χ1n) is 13.5. The van der Waals surface area contributed by atoms with Crippen molar-refractivity contribution in [3.05, 3.63) is 35.4 Å². The van der Waals surface area contributed by atoms with Crippen LogP contribution in [0.3, 0.4) is 0 Å². The van der Waals surface area contributed by atoms with E-state index >= 15 is 0 Å². The Bertz CT molecular complexity index is 1170. The maximum atomic E-state index is 13.7. The SMILES string of the molecule is COc1ccc(C[C@H](NC(=O)[C@H](C)C(C(N)=O)C(C)(C)O)C(=O)N[C@@H](CC2=CCCC2)C(=O)[C@@]2(C)CO2)cc1O. The molecule has 40 heavy (non-hydrogen) atoms. The number of aromatic hydroxyl groups is 1. The molecule has 1 heterocycles. The number of hydrogen-bond donors (Lipinski definition) is 5. The van der Waals surface area contributed by atoms with Crippen molar-refractivity contribution in [1.82, 2.24) is 10.6 Å². The van der Waals surface area contributed by atoms with Gasteiger partial charge < -0.3 is 36.1 Å². The van der Waals surface area contributed by atoms with Gasteiger partial charge >= 0.3 is 0 Å². The van der Waals surface area contributed by atoms with Gasteiger partial charge in [-0.25, -0.2) is 0 Å². The third-order valence-corrected chi connectivity index (χ3v) is 7.63. The van der Waals surface area contributed by atoms with Crippen LogP contribution in [0.2, 0.25) is 0 Å². The fourth-order valence-electron chi connectivity index (χ4n) is 5.25. The third kappa shape index (κ3) is 7.60. The van der Waals surface area contributed by atoms with Crippen LogP contribution in [0, 0.1) is 11.8 Å². The number of ether oxygens (including phenoxy) is 2. The van der Waals surface area contributed by atoms with Gasteiger partial charge in [0, 0.05) is 12.3 Å². The Morgan fingerprint density at radius 2 is 1.80 bits per heavy atom. The largest absolute Gasteiger partial charge is 0.504 e. The second-order valence-electron chi connectivity index (χ2n) is 11.5. The van der Waals surface area contributed by atoms with E-state index in [2.05, 4.69) is 16.7 Å². The lowest BCUT2D eigenvalue weighted by molar-refractivity contribution is -0.142. The number of Topliss-reactive ketones (excluding diaryl/α,β-unsaturated/α-hetero) is 1. The first-order valence-corrected chi connectivity index (χ1v) is 13.5.